The fraction of sp³-hybridized carbons (Fsp3) is 0.304. The number of amides is 1. The molecule has 2 N–H and O–H groups in total. The molecule has 1 saturated heterocycles. The second kappa shape index (κ2) is 9.09. The van der Waals surface area contributed by atoms with E-state index in [-0.39, 0.29) is 23.8 Å². The number of nitro benzene ring substituents is 1. The van der Waals surface area contributed by atoms with Gasteiger partial charge in [0.2, 0.25) is 5.91 Å². The zero-order valence-electron chi connectivity index (χ0n) is 17.1. The highest BCUT2D eigenvalue weighted by atomic mass is 16.6. The van der Waals surface area contributed by atoms with Crippen LogP contribution in [0.25, 0.3) is 10.9 Å². The zero-order chi connectivity index (χ0) is 21.8. The minimum atomic E-state index is -0.465. The number of carbonyl (C=O) groups is 1. The molecule has 0 spiro atoms. The van der Waals surface area contributed by atoms with Crippen LogP contribution in [0.1, 0.15) is 29.5 Å². The van der Waals surface area contributed by atoms with Gasteiger partial charge in [0.15, 0.2) is 0 Å². The Morgan fingerprint density at radius 2 is 1.90 bits per heavy atom. The quantitative estimate of drug-likeness (QED) is 0.448. The maximum atomic E-state index is 12.5. The monoisotopic (exact) mass is 420 g/mol. The van der Waals surface area contributed by atoms with Gasteiger partial charge in [-0.05, 0) is 49.2 Å². The van der Waals surface area contributed by atoms with Crippen molar-refractivity contribution in [3.8, 4) is 5.75 Å². The van der Waals surface area contributed by atoms with Crippen molar-refractivity contribution in [1.82, 2.24) is 15.2 Å². The van der Waals surface area contributed by atoms with Crippen molar-refractivity contribution in [3.63, 3.8) is 0 Å². The van der Waals surface area contributed by atoms with Crippen LogP contribution in [0.2, 0.25) is 0 Å². The lowest BCUT2D eigenvalue weighted by atomic mass is 10.0. The van der Waals surface area contributed by atoms with Gasteiger partial charge in [0.25, 0.3) is 5.69 Å². The van der Waals surface area contributed by atoms with Crippen LogP contribution in [-0.4, -0.2) is 38.9 Å². The maximum Gasteiger partial charge on any atom is 0.269 e. The topological polar surface area (TPSA) is 109 Å². The van der Waals surface area contributed by atoms with Crippen LogP contribution in [0.15, 0.2) is 48.7 Å². The van der Waals surface area contributed by atoms with Gasteiger partial charge in [-0.2, -0.15) is 0 Å². The van der Waals surface area contributed by atoms with Crippen molar-refractivity contribution in [2.75, 3.05) is 13.1 Å². The number of phenols is 1. The van der Waals surface area contributed by atoms with Crippen LogP contribution < -0.4 is 5.32 Å². The van der Waals surface area contributed by atoms with Gasteiger partial charge in [0.05, 0.1) is 11.3 Å². The minimum Gasteiger partial charge on any atom is -0.505 e. The number of nitrogens with one attached hydrogen (secondary N) is 1. The summed E-state index contributed by atoms with van der Waals surface area (Å²) in [6.07, 6.45) is 4.11. The van der Waals surface area contributed by atoms with Crippen molar-refractivity contribution in [3.05, 3.63) is 75.5 Å². The van der Waals surface area contributed by atoms with E-state index < -0.39 is 4.92 Å². The normalized spacial score (nSPS) is 14.1. The molecule has 2 heterocycles. The predicted octanol–water partition coefficient (Wildman–Crippen LogP) is 3.30. The predicted molar refractivity (Wildman–Crippen MR) is 117 cm³/mol. The van der Waals surface area contributed by atoms with E-state index in [1.165, 1.54) is 12.1 Å². The Hall–Kier alpha value is -3.52. The number of likely N-dealkylation sites (tertiary alicyclic amines) is 1. The van der Waals surface area contributed by atoms with Crippen LogP contribution in [0, 0.1) is 10.1 Å². The van der Waals surface area contributed by atoms with Crippen LogP contribution in [-0.2, 0) is 24.3 Å². The van der Waals surface area contributed by atoms with Crippen LogP contribution >= 0.6 is 0 Å². The van der Waals surface area contributed by atoms with E-state index in [1.807, 2.05) is 18.2 Å². The summed E-state index contributed by atoms with van der Waals surface area (Å²) < 4.78 is 0. The van der Waals surface area contributed by atoms with E-state index in [0.29, 0.717) is 24.2 Å². The van der Waals surface area contributed by atoms with E-state index >= 15 is 0 Å². The summed E-state index contributed by atoms with van der Waals surface area (Å²) in [6.45, 7) is 2.99. The van der Waals surface area contributed by atoms with Gasteiger partial charge >= 0.3 is 0 Å². The van der Waals surface area contributed by atoms with Gasteiger partial charge in [-0.1, -0.05) is 18.2 Å². The number of pyridine rings is 1. The standard InChI is InChI=1S/C23H24N4O4/c28-21(12-16-5-7-19(8-6-16)27(30)31)25-14-17-13-18(15-26-10-1-2-11-26)23(29)22-20(17)4-3-9-24-22/h3-9,13,29H,1-2,10-12,14-15H2,(H,25,28). The fourth-order valence-corrected chi connectivity index (χ4v) is 3.99. The van der Waals surface area contributed by atoms with E-state index in [2.05, 4.69) is 15.2 Å². The Morgan fingerprint density at radius 1 is 1.16 bits per heavy atom. The SMILES string of the molecule is O=C(Cc1ccc([N+](=O)[O-])cc1)NCc1cc(CN2CCCC2)c(O)c2ncccc12. The van der Waals surface area contributed by atoms with E-state index in [9.17, 15) is 20.0 Å². The number of aromatic nitrogens is 1. The van der Waals surface area contributed by atoms with Crippen LogP contribution in [0.4, 0.5) is 5.69 Å². The highest BCUT2D eigenvalue weighted by Gasteiger charge is 2.18. The molecular formula is C23H24N4O4. The van der Waals surface area contributed by atoms with Crippen LogP contribution in [0.3, 0.4) is 0 Å². The highest BCUT2D eigenvalue weighted by Crippen LogP contribution is 2.31. The first-order valence-electron chi connectivity index (χ1n) is 10.3. The molecule has 4 rings (SSSR count). The first-order chi connectivity index (χ1) is 15.0. The average molecular weight is 420 g/mol. The van der Waals surface area contributed by atoms with Gasteiger partial charge in [0, 0.05) is 42.4 Å². The molecular weight excluding hydrogens is 396 g/mol. The average Bonchev–Trinajstić information content (AvgIpc) is 3.28. The number of carbonyl (C=O) groups excluding carboxylic acids is 1. The number of non-ortho nitro benzene ring substituents is 1. The van der Waals surface area contributed by atoms with Crippen molar-refractivity contribution >= 4 is 22.5 Å². The third-order valence-corrected chi connectivity index (χ3v) is 5.61. The molecule has 0 atom stereocenters. The number of benzene rings is 2. The van der Waals surface area contributed by atoms with Crippen molar-refractivity contribution in [1.29, 1.82) is 0 Å². The van der Waals surface area contributed by atoms with Gasteiger partial charge < -0.3 is 10.4 Å². The Morgan fingerprint density at radius 3 is 2.61 bits per heavy atom. The summed E-state index contributed by atoms with van der Waals surface area (Å²) in [6, 6.07) is 11.6. The highest BCUT2D eigenvalue weighted by molar-refractivity contribution is 5.89. The number of hydrogen-bond acceptors (Lipinski definition) is 6. The molecule has 1 aliphatic rings. The Bertz CT molecular complexity index is 1110. The molecule has 0 bridgehead atoms. The van der Waals surface area contributed by atoms with Crippen LogP contribution in [0.5, 0.6) is 5.75 Å². The lowest BCUT2D eigenvalue weighted by Gasteiger charge is -2.18. The molecule has 1 aromatic heterocycles. The second-order valence-corrected chi connectivity index (χ2v) is 7.80. The summed E-state index contributed by atoms with van der Waals surface area (Å²) >= 11 is 0. The van der Waals surface area contributed by atoms with E-state index in [0.717, 1.165) is 42.4 Å². The molecule has 160 valence electrons. The first kappa shape index (κ1) is 20.7. The molecule has 1 aliphatic heterocycles. The van der Waals surface area contributed by atoms with Crippen molar-refractivity contribution < 1.29 is 14.8 Å². The van der Waals surface area contributed by atoms with E-state index in [4.69, 9.17) is 0 Å². The molecule has 3 aromatic rings. The van der Waals surface area contributed by atoms with Crippen molar-refractivity contribution in [2.45, 2.75) is 32.4 Å². The first-order valence-corrected chi connectivity index (χ1v) is 10.3. The number of phenolic OH excluding ortho intramolecular Hbond substituents is 1. The molecule has 8 heteroatoms. The molecule has 0 unspecified atom stereocenters. The van der Waals surface area contributed by atoms with Crippen molar-refractivity contribution in [2.24, 2.45) is 0 Å². The third kappa shape index (κ3) is 4.80. The van der Waals surface area contributed by atoms with Gasteiger partial charge in [-0.15, -0.1) is 0 Å². The number of hydrogen-bond donors (Lipinski definition) is 2. The molecule has 2 aromatic carbocycles. The molecule has 1 fully saturated rings. The molecule has 31 heavy (non-hydrogen) atoms. The number of fused-ring (bicyclic) bond motifs is 1. The lowest BCUT2D eigenvalue weighted by molar-refractivity contribution is -0.384. The summed E-state index contributed by atoms with van der Waals surface area (Å²) in [5.74, 6) is 0.0171. The number of nitrogens with zero attached hydrogens (tertiary/aromatic N) is 3. The fourth-order valence-electron chi connectivity index (χ4n) is 3.99. The Labute approximate surface area is 179 Å². The molecule has 1 amide bonds. The maximum absolute atomic E-state index is 12.5. The summed E-state index contributed by atoms with van der Waals surface area (Å²) in [5, 5.41) is 25.2. The number of rotatable bonds is 7. The Balaban J connectivity index is 1.49. The molecule has 0 radical (unpaired) electrons. The molecule has 8 nitrogen and oxygen atoms in total. The molecule has 0 aliphatic carbocycles. The van der Waals surface area contributed by atoms with Gasteiger partial charge in [-0.3, -0.25) is 24.8 Å². The largest absolute Gasteiger partial charge is 0.505 e. The number of nitro groups is 1. The third-order valence-electron chi connectivity index (χ3n) is 5.61. The smallest absolute Gasteiger partial charge is 0.269 e. The second-order valence-electron chi connectivity index (χ2n) is 7.80. The van der Waals surface area contributed by atoms with Gasteiger partial charge in [-0.25, -0.2) is 0 Å². The summed E-state index contributed by atoms with van der Waals surface area (Å²) in [4.78, 5) is 29.4. The Kier molecular flexibility index (Phi) is 6.08. The van der Waals surface area contributed by atoms with Gasteiger partial charge in [0.1, 0.15) is 11.3 Å². The molecule has 0 saturated carbocycles. The lowest BCUT2D eigenvalue weighted by Crippen LogP contribution is -2.25. The van der Waals surface area contributed by atoms with E-state index in [1.54, 1.807) is 18.3 Å². The zero-order valence-corrected chi connectivity index (χ0v) is 17.1. The minimum absolute atomic E-state index is 0.00208. The number of aromatic hydroxyl groups is 1. The summed E-state index contributed by atoms with van der Waals surface area (Å²) in [5.41, 5.74) is 2.95. The summed E-state index contributed by atoms with van der Waals surface area (Å²) in [7, 11) is 0.